The Morgan fingerprint density at radius 3 is 2.44 bits per heavy atom. The van der Waals surface area contributed by atoms with E-state index in [1.807, 2.05) is 0 Å². The van der Waals surface area contributed by atoms with Crippen LogP contribution in [0.3, 0.4) is 0 Å². The van der Waals surface area contributed by atoms with Crippen molar-refractivity contribution in [2.45, 2.75) is 18.9 Å². The molecule has 0 unspecified atom stereocenters. The Kier molecular flexibility index (Phi) is 6.03. The van der Waals surface area contributed by atoms with Crippen LogP contribution in [0.4, 0.5) is 5.00 Å². The number of nitrogens with one attached hydrogen (secondary N) is 1. The van der Waals surface area contributed by atoms with Gasteiger partial charge in [0.25, 0.3) is 15.9 Å². The lowest BCUT2D eigenvalue weighted by atomic mass is 10.1. The molecule has 2 heterocycles. The maximum atomic E-state index is 12.0. The van der Waals surface area contributed by atoms with E-state index in [-0.39, 0.29) is 10.6 Å². The molecule has 2 aromatic rings. The zero-order valence-corrected chi connectivity index (χ0v) is 16.2. The minimum absolute atomic E-state index is 0.225. The van der Waals surface area contributed by atoms with Crippen LogP contribution in [0, 0.1) is 13.8 Å². The van der Waals surface area contributed by atoms with Crippen LogP contribution in [0.5, 0.6) is 0 Å². The van der Waals surface area contributed by atoms with Gasteiger partial charge in [-0.2, -0.15) is 0 Å². The Bertz CT molecular complexity index is 1000. The van der Waals surface area contributed by atoms with Crippen molar-refractivity contribution in [1.82, 2.24) is 0 Å². The number of carbonyl (C=O) groups excluding carboxylic acids is 3. The highest BCUT2D eigenvalue weighted by atomic mass is 32.2. The fourth-order valence-electron chi connectivity index (χ4n) is 2.01. The summed E-state index contributed by atoms with van der Waals surface area (Å²) in [5.41, 5.74) is 0.897. The van der Waals surface area contributed by atoms with E-state index in [9.17, 15) is 22.8 Å². The summed E-state index contributed by atoms with van der Waals surface area (Å²) in [6.07, 6.45) is 0. The number of hydrogen-bond acceptors (Lipinski definition) is 9. The zero-order chi connectivity index (χ0) is 20.4. The van der Waals surface area contributed by atoms with Gasteiger partial charge >= 0.3 is 11.9 Å². The predicted octanol–water partition coefficient (Wildman–Crippen LogP) is 1.19. The first-order valence-corrected chi connectivity index (χ1v) is 9.68. The molecule has 0 aliphatic carbocycles. The van der Waals surface area contributed by atoms with Crippen molar-refractivity contribution in [3.05, 3.63) is 33.9 Å². The average molecular weight is 416 g/mol. The molecule has 1 amide bonds. The van der Waals surface area contributed by atoms with Crippen molar-refractivity contribution in [3.8, 4) is 0 Å². The molecule has 0 aliphatic heterocycles. The number of amides is 1. The van der Waals surface area contributed by atoms with Gasteiger partial charge in [-0.05, 0) is 31.5 Å². The lowest BCUT2D eigenvalue weighted by Gasteiger charge is -2.06. The Morgan fingerprint density at radius 1 is 1.22 bits per heavy atom. The monoisotopic (exact) mass is 416 g/mol. The third-order valence-electron chi connectivity index (χ3n) is 3.43. The average Bonchev–Trinajstić information content (AvgIpc) is 3.18. The number of aryl methyl sites for hydroxylation is 1. The second kappa shape index (κ2) is 7.90. The number of primary sulfonamides is 1. The Labute approximate surface area is 158 Å². The molecular formula is C15H16N2O8S2. The van der Waals surface area contributed by atoms with Crippen LogP contribution in [-0.4, -0.2) is 40.0 Å². The maximum Gasteiger partial charge on any atom is 0.374 e. The molecule has 0 aromatic carbocycles. The maximum absolute atomic E-state index is 12.0. The van der Waals surface area contributed by atoms with E-state index in [0.717, 1.165) is 17.0 Å². The van der Waals surface area contributed by atoms with E-state index >= 15 is 0 Å². The molecule has 0 bridgehead atoms. The quantitative estimate of drug-likeness (QED) is 0.665. The molecule has 3 N–H and O–H groups in total. The number of esters is 2. The molecule has 12 heteroatoms. The third-order valence-corrected chi connectivity index (χ3v) is 5.33. The van der Waals surface area contributed by atoms with Gasteiger partial charge in [0.1, 0.15) is 5.00 Å². The molecule has 0 radical (unpaired) electrons. The van der Waals surface area contributed by atoms with Gasteiger partial charge in [-0.1, -0.05) is 0 Å². The SMILES string of the molecule is COC(=O)c1c(NC(=O)COC(=O)c2ccc(S(N)(=O)=O)o2)sc(C)c1C. The van der Waals surface area contributed by atoms with Crippen molar-refractivity contribution in [1.29, 1.82) is 0 Å². The van der Waals surface area contributed by atoms with Gasteiger partial charge in [0.2, 0.25) is 10.9 Å². The lowest BCUT2D eigenvalue weighted by molar-refractivity contribution is -0.119. The number of anilines is 1. The number of ether oxygens (including phenoxy) is 2. The highest BCUT2D eigenvalue weighted by Crippen LogP contribution is 2.32. The summed E-state index contributed by atoms with van der Waals surface area (Å²) in [5, 5.41) is 7.01. The molecule has 0 atom stereocenters. The molecule has 10 nitrogen and oxygen atoms in total. The van der Waals surface area contributed by atoms with Gasteiger partial charge in [0.15, 0.2) is 6.61 Å². The molecular weight excluding hydrogens is 400 g/mol. The fourth-order valence-corrected chi connectivity index (χ4v) is 3.54. The number of methoxy groups -OCH3 is 1. The minimum Gasteiger partial charge on any atom is -0.465 e. The number of sulfonamides is 1. The van der Waals surface area contributed by atoms with Gasteiger partial charge in [-0.25, -0.2) is 23.1 Å². The van der Waals surface area contributed by atoms with Crippen LogP contribution in [0.25, 0.3) is 0 Å². The van der Waals surface area contributed by atoms with E-state index < -0.39 is 45.3 Å². The smallest absolute Gasteiger partial charge is 0.374 e. The van der Waals surface area contributed by atoms with Gasteiger partial charge in [-0.15, -0.1) is 11.3 Å². The number of hydrogen-bond donors (Lipinski definition) is 2. The van der Waals surface area contributed by atoms with Crippen LogP contribution >= 0.6 is 11.3 Å². The summed E-state index contributed by atoms with van der Waals surface area (Å²) < 4.78 is 36.4. The Morgan fingerprint density at radius 2 is 1.89 bits per heavy atom. The van der Waals surface area contributed by atoms with Gasteiger partial charge < -0.3 is 19.2 Å². The zero-order valence-electron chi connectivity index (χ0n) is 14.5. The third kappa shape index (κ3) is 4.72. The molecule has 0 fully saturated rings. The van der Waals surface area contributed by atoms with E-state index in [1.165, 1.54) is 18.4 Å². The lowest BCUT2D eigenvalue weighted by Crippen LogP contribution is -2.21. The van der Waals surface area contributed by atoms with E-state index in [2.05, 4.69) is 5.32 Å². The highest BCUT2D eigenvalue weighted by Gasteiger charge is 2.23. The molecule has 146 valence electrons. The first-order chi connectivity index (χ1) is 12.5. The minimum atomic E-state index is -4.10. The van der Waals surface area contributed by atoms with Gasteiger partial charge in [-0.3, -0.25) is 4.79 Å². The molecule has 2 rings (SSSR count). The van der Waals surface area contributed by atoms with Crippen LogP contribution < -0.4 is 10.5 Å². The molecule has 0 saturated carbocycles. The molecule has 0 saturated heterocycles. The van der Waals surface area contributed by atoms with Crippen LogP contribution in [0.15, 0.2) is 21.6 Å². The summed E-state index contributed by atoms with van der Waals surface area (Å²) in [6.45, 7) is 2.82. The van der Waals surface area contributed by atoms with Crippen LogP contribution in [-0.2, 0) is 24.3 Å². The summed E-state index contributed by atoms with van der Waals surface area (Å²) in [4.78, 5) is 36.5. The summed E-state index contributed by atoms with van der Waals surface area (Å²) in [6, 6.07) is 2.05. The van der Waals surface area contributed by atoms with Crippen molar-refractivity contribution in [2.75, 3.05) is 19.0 Å². The summed E-state index contributed by atoms with van der Waals surface area (Å²) in [5.74, 6) is -2.78. The summed E-state index contributed by atoms with van der Waals surface area (Å²) in [7, 11) is -2.88. The second-order valence-electron chi connectivity index (χ2n) is 5.27. The fraction of sp³-hybridized carbons (Fsp3) is 0.267. The first kappa shape index (κ1) is 20.6. The largest absolute Gasteiger partial charge is 0.465 e. The standard InChI is InChI=1S/C15H16N2O8S2/c1-7-8(2)26-13(12(7)15(20)23-3)17-10(18)6-24-14(19)9-4-5-11(25-9)27(16,21)22/h4-5H,6H2,1-3H3,(H,17,18)(H2,16,21,22). The number of rotatable bonds is 6. The van der Waals surface area contributed by atoms with Crippen LogP contribution in [0.2, 0.25) is 0 Å². The van der Waals surface area contributed by atoms with E-state index in [0.29, 0.717) is 5.56 Å². The number of thiophene rings is 1. The number of nitrogens with two attached hydrogens (primary N) is 1. The number of carbonyl (C=O) groups is 3. The highest BCUT2D eigenvalue weighted by molar-refractivity contribution is 7.89. The van der Waals surface area contributed by atoms with E-state index in [1.54, 1.807) is 13.8 Å². The molecule has 0 aliphatic rings. The first-order valence-electron chi connectivity index (χ1n) is 7.32. The van der Waals surface area contributed by atoms with Crippen LogP contribution in [0.1, 0.15) is 31.4 Å². The molecule has 27 heavy (non-hydrogen) atoms. The number of furan rings is 1. The topological polar surface area (TPSA) is 155 Å². The predicted molar refractivity (Wildman–Crippen MR) is 94.1 cm³/mol. The van der Waals surface area contributed by atoms with Crippen molar-refractivity contribution in [2.24, 2.45) is 5.14 Å². The van der Waals surface area contributed by atoms with E-state index in [4.69, 9.17) is 19.0 Å². The summed E-state index contributed by atoms with van der Waals surface area (Å²) >= 11 is 1.18. The van der Waals surface area contributed by atoms with Gasteiger partial charge in [0.05, 0.1) is 12.7 Å². The van der Waals surface area contributed by atoms with Gasteiger partial charge in [0, 0.05) is 4.88 Å². The van der Waals surface area contributed by atoms with Crippen molar-refractivity contribution < 1.29 is 36.7 Å². The Balaban J connectivity index is 2.03. The Hall–Kier alpha value is -2.70. The normalized spacial score (nSPS) is 11.1. The second-order valence-corrected chi connectivity index (χ2v) is 7.98. The molecule has 2 aromatic heterocycles. The van der Waals surface area contributed by atoms with Crippen molar-refractivity contribution >= 4 is 44.2 Å². The van der Waals surface area contributed by atoms with Crippen molar-refractivity contribution in [3.63, 3.8) is 0 Å². The molecule has 0 spiro atoms.